The number of fused-ring (bicyclic) bond motifs is 8. The molecular formula is C38H52N4O4. The van der Waals surface area contributed by atoms with E-state index >= 15 is 0 Å². The average Bonchev–Trinajstić information content (AvgIpc) is 3.66. The van der Waals surface area contributed by atoms with Crippen molar-refractivity contribution >= 4 is 11.9 Å². The molecule has 248 valence electrons. The number of carboxylic acids is 2. The molecule has 0 saturated heterocycles. The number of carbonyl (C=O) groups is 2. The summed E-state index contributed by atoms with van der Waals surface area (Å²) in [6, 6.07) is 0. The minimum Gasteiger partial charge on any atom is -0.481 e. The SMILES string of the molecule is CCCCc1c2[nH]c(c1C)Cc1[nH]c(c(CCC(=O)O)c1C)Cc1[nH]c(c(CCC(=O)O)c1C)Cc1[nH]c(c(CCCC)c1C)C2. The van der Waals surface area contributed by atoms with Crippen LogP contribution in [0.4, 0.5) is 0 Å². The Bertz CT molecular complexity index is 1730. The molecule has 46 heavy (non-hydrogen) atoms. The van der Waals surface area contributed by atoms with Crippen molar-refractivity contribution in [2.24, 2.45) is 0 Å². The number of carboxylic acid groups (broad SMARTS) is 2. The molecule has 0 aliphatic carbocycles. The lowest BCUT2D eigenvalue weighted by atomic mass is 9.96. The molecule has 0 spiro atoms. The molecule has 1 aliphatic rings. The van der Waals surface area contributed by atoms with Crippen molar-refractivity contribution in [3.8, 4) is 0 Å². The maximum atomic E-state index is 11.7. The molecule has 4 aromatic rings. The molecular weight excluding hydrogens is 576 g/mol. The minimum atomic E-state index is -0.801. The van der Waals surface area contributed by atoms with Gasteiger partial charge in [0.15, 0.2) is 0 Å². The number of hydrogen-bond donors (Lipinski definition) is 6. The highest BCUT2D eigenvalue weighted by molar-refractivity contribution is 5.68. The standard InChI is InChI=1S/C38H52N4O4/c1-7-9-11-25-21(3)29-17-30-23(5)27(13-15-37(43)44)33(39-30)19-32-24(6)28(14-16-38(45)46)34(41-32)18-31-22(4)26(12-10-8-2)36(42-31)20-35(25)40-29/h39-42H,7-20H2,1-6H3,(H,43,44)(H,45,46). The second-order valence-electron chi connectivity index (χ2n) is 13.4. The quantitative estimate of drug-likeness (QED) is 0.0846. The number of aliphatic carboxylic acids is 2. The number of H-pyrrole nitrogens is 4. The van der Waals surface area contributed by atoms with E-state index in [2.05, 4.69) is 61.5 Å². The van der Waals surface area contributed by atoms with Gasteiger partial charge in [-0.15, -0.1) is 0 Å². The van der Waals surface area contributed by atoms with E-state index in [0.717, 1.165) is 96.4 Å². The second-order valence-corrected chi connectivity index (χ2v) is 13.4. The molecule has 0 saturated carbocycles. The Kier molecular flexibility index (Phi) is 10.3. The highest BCUT2D eigenvalue weighted by Gasteiger charge is 2.25. The predicted octanol–water partition coefficient (Wildman–Crippen LogP) is 7.63. The van der Waals surface area contributed by atoms with Gasteiger partial charge in [-0.25, -0.2) is 0 Å². The fraction of sp³-hybridized carbons (Fsp3) is 0.526. The zero-order chi connectivity index (χ0) is 33.1. The Balaban J connectivity index is 1.71. The molecule has 0 radical (unpaired) electrons. The van der Waals surface area contributed by atoms with Gasteiger partial charge < -0.3 is 30.1 Å². The molecule has 8 heteroatoms. The van der Waals surface area contributed by atoms with Gasteiger partial charge in [-0.3, -0.25) is 9.59 Å². The smallest absolute Gasteiger partial charge is 0.303 e. The lowest BCUT2D eigenvalue weighted by Gasteiger charge is -2.08. The largest absolute Gasteiger partial charge is 0.481 e. The fourth-order valence-corrected chi connectivity index (χ4v) is 7.58. The van der Waals surface area contributed by atoms with Gasteiger partial charge in [-0.1, -0.05) is 26.7 Å². The van der Waals surface area contributed by atoms with Gasteiger partial charge in [-0.2, -0.15) is 0 Å². The normalized spacial score (nSPS) is 13.0. The first kappa shape index (κ1) is 33.4. The van der Waals surface area contributed by atoms with Gasteiger partial charge in [0.1, 0.15) is 0 Å². The number of nitrogens with one attached hydrogen (secondary N) is 4. The topological polar surface area (TPSA) is 138 Å². The molecule has 1 aliphatic heterocycles. The summed E-state index contributed by atoms with van der Waals surface area (Å²) in [6.45, 7) is 13.2. The van der Waals surface area contributed by atoms with Crippen LogP contribution in [0.5, 0.6) is 0 Å². The molecule has 8 bridgehead atoms. The van der Waals surface area contributed by atoms with E-state index in [-0.39, 0.29) is 12.8 Å². The van der Waals surface area contributed by atoms with Crippen LogP contribution in [0.25, 0.3) is 0 Å². The van der Waals surface area contributed by atoms with Crippen LogP contribution in [0.2, 0.25) is 0 Å². The lowest BCUT2D eigenvalue weighted by molar-refractivity contribution is -0.138. The third-order valence-corrected chi connectivity index (χ3v) is 10.4. The van der Waals surface area contributed by atoms with Gasteiger partial charge in [0.05, 0.1) is 0 Å². The molecule has 0 atom stereocenters. The van der Waals surface area contributed by atoms with Crippen molar-refractivity contribution in [2.75, 3.05) is 0 Å². The summed E-state index contributed by atoms with van der Waals surface area (Å²) >= 11 is 0. The van der Waals surface area contributed by atoms with Crippen LogP contribution in [-0.4, -0.2) is 42.1 Å². The summed E-state index contributed by atoms with van der Waals surface area (Å²) in [7, 11) is 0. The van der Waals surface area contributed by atoms with E-state index in [1.165, 1.54) is 45.0 Å². The molecule has 0 aromatic carbocycles. The number of aromatic amines is 4. The van der Waals surface area contributed by atoms with Crippen molar-refractivity contribution in [1.82, 2.24) is 19.9 Å². The van der Waals surface area contributed by atoms with Gasteiger partial charge >= 0.3 is 11.9 Å². The number of aromatic nitrogens is 4. The van der Waals surface area contributed by atoms with E-state index in [1.807, 2.05) is 0 Å². The molecule has 8 nitrogen and oxygen atoms in total. The summed E-state index contributed by atoms with van der Waals surface area (Å²) in [6.07, 6.45) is 10.5. The third-order valence-electron chi connectivity index (χ3n) is 10.4. The lowest BCUT2D eigenvalue weighted by Crippen LogP contribution is -2.02. The maximum Gasteiger partial charge on any atom is 0.303 e. The van der Waals surface area contributed by atoms with Crippen molar-refractivity contribution in [2.45, 2.75) is 131 Å². The van der Waals surface area contributed by atoms with Crippen molar-refractivity contribution in [1.29, 1.82) is 0 Å². The van der Waals surface area contributed by atoms with Crippen LogP contribution >= 0.6 is 0 Å². The summed E-state index contributed by atoms with van der Waals surface area (Å²) < 4.78 is 0. The number of rotatable bonds is 12. The van der Waals surface area contributed by atoms with Crippen LogP contribution in [-0.2, 0) is 61.0 Å². The van der Waals surface area contributed by atoms with Crippen LogP contribution in [0.15, 0.2) is 0 Å². The van der Waals surface area contributed by atoms with Crippen LogP contribution in [0.1, 0.15) is 142 Å². The Morgan fingerprint density at radius 2 is 0.739 bits per heavy atom. The van der Waals surface area contributed by atoms with E-state index in [4.69, 9.17) is 0 Å². The predicted molar refractivity (Wildman–Crippen MR) is 182 cm³/mol. The molecule has 0 amide bonds. The van der Waals surface area contributed by atoms with Crippen molar-refractivity contribution in [3.63, 3.8) is 0 Å². The van der Waals surface area contributed by atoms with E-state index in [0.29, 0.717) is 25.7 Å². The summed E-state index contributed by atoms with van der Waals surface area (Å²) in [5.74, 6) is -1.60. The minimum absolute atomic E-state index is 0.0748. The first-order chi connectivity index (χ1) is 22.0. The van der Waals surface area contributed by atoms with Crippen molar-refractivity contribution < 1.29 is 19.8 Å². The van der Waals surface area contributed by atoms with Gasteiger partial charge in [0, 0.05) is 84.1 Å². The van der Waals surface area contributed by atoms with Crippen LogP contribution in [0, 0.1) is 27.7 Å². The highest BCUT2D eigenvalue weighted by atomic mass is 16.4. The zero-order valence-electron chi connectivity index (χ0n) is 28.6. The summed E-state index contributed by atoms with van der Waals surface area (Å²) in [5.41, 5.74) is 19.1. The Hall–Kier alpha value is -3.94. The van der Waals surface area contributed by atoms with Crippen LogP contribution < -0.4 is 0 Å². The van der Waals surface area contributed by atoms with Crippen LogP contribution in [0.3, 0.4) is 0 Å². The fourth-order valence-electron chi connectivity index (χ4n) is 7.58. The third kappa shape index (κ3) is 6.91. The molecule has 0 fully saturated rings. The summed E-state index contributed by atoms with van der Waals surface area (Å²) in [5, 5.41) is 19.1. The second kappa shape index (κ2) is 14.2. The van der Waals surface area contributed by atoms with E-state index in [1.54, 1.807) is 0 Å². The Morgan fingerprint density at radius 1 is 0.478 bits per heavy atom. The Labute approximate surface area is 272 Å². The number of unbranched alkanes of at least 4 members (excludes halogenated alkanes) is 2. The zero-order valence-corrected chi connectivity index (χ0v) is 28.6. The first-order valence-electron chi connectivity index (χ1n) is 17.2. The highest BCUT2D eigenvalue weighted by Crippen LogP contribution is 2.33. The monoisotopic (exact) mass is 628 g/mol. The molecule has 0 unspecified atom stereocenters. The maximum absolute atomic E-state index is 11.7. The van der Waals surface area contributed by atoms with E-state index in [9.17, 15) is 19.8 Å². The Morgan fingerprint density at radius 3 is 1.02 bits per heavy atom. The van der Waals surface area contributed by atoms with Gasteiger partial charge in [0.2, 0.25) is 0 Å². The van der Waals surface area contributed by atoms with Crippen molar-refractivity contribution in [3.05, 3.63) is 90.1 Å². The van der Waals surface area contributed by atoms with E-state index < -0.39 is 11.9 Å². The van der Waals surface area contributed by atoms with Gasteiger partial charge in [-0.05, 0) is 111 Å². The average molecular weight is 629 g/mol. The first-order valence-corrected chi connectivity index (χ1v) is 17.2. The summed E-state index contributed by atoms with van der Waals surface area (Å²) in [4.78, 5) is 38.6. The molecule has 5 heterocycles. The molecule has 6 N–H and O–H groups in total. The molecule has 4 aromatic heterocycles. The molecule has 5 rings (SSSR count). The number of hydrogen-bond acceptors (Lipinski definition) is 2. The van der Waals surface area contributed by atoms with Gasteiger partial charge in [0.25, 0.3) is 0 Å².